The van der Waals surface area contributed by atoms with Gasteiger partial charge in [0.05, 0.1) is 0 Å². The molecule has 0 unspecified atom stereocenters. The standard InChI is InChI=1S/C26H27NO/c1-3-19-27(21(2)22-14-16-25(28)17-15-22)20-18-26(23-10-6-4-7-11-23)24-12-8-5-9-13-24/h3-18,21,28H,1,19-20H2,2H3/t21-/m1/s1. The number of phenols is 1. The quantitative estimate of drug-likeness (QED) is 0.487. The molecule has 0 radical (unpaired) electrons. The average Bonchev–Trinajstić information content (AvgIpc) is 2.75. The summed E-state index contributed by atoms with van der Waals surface area (Å²) < 4.78 is 0. The Balaban J connectivity index is 1.90. The molecule has 0 fully saturated rings. The first kappa shape index (κ1) is 19.7. The topological polar surface area (TPSA) is 23.5 Å². The fraction of sp³-hybridized carbons (Fsp3) is 0.154. The zero-order chi connectivity index (χ0) is 19.8. The molecule has 0 saturated heterocycles. The van der Waals surface area contributed by atoms with Gasteiger partial charge in [-0.15, -0.1) is 6.58 Å². The molecule has 0 saturated carbocycles. The second-order valence-electron chi connectivity index (χ2n) is 6.86. The SMILES string of the molecule is C=CCN(CC=C(c1ccccc1)c1ccccc1)[C@H](C)c1ccc(O)cc1. The van der Waals surface area contributed by atoms with E-state index in [9.17, 15) is 5.11 Å². The molecule has 0 aliphatic carbocycles. The summed E-state index contributed by atoms with van der Waals surface area (Å²) in [6.45, 7) is 7.71. The van der Waals surface area contributed by atoms with Crippen LogP contribution in [0.2, 0.25) is 0 Å². The molecule has 0 amide bonds. The molecule has 3 rings (SSSR count). The number of nitrogens with zero attached hydrogens (tertiary/aromatic N) is 1. The molecular weight excluding hydrogens is 342 g/mol. The summed E-state index contributed by atoms with van der Waals surface area (Å²) in [5.74, 6) is 0.293. The van der Waals surface area contributed by atoms with E-state index in [4.69, 9.17) is 0 Å². The molecule has 0 spiro atoms. The van der Waals surface area contributed by atoms with Gasteiger partial charge >= 0.3 is 0 Å². The summed E-state index contributed by atoms with van der Waals surface area (Å²) in [4.78, 5) is 2.37. The Hall–Kier alpha value is -3.10. The molecule has 0 aliphatic rings. The first-order chi connectivity index (χ1) is 13.7. The number of hydrogen-bond acceptors (Lipinski definition) is 2. The van der Waals surface area contributed by atoms with Gasteiger partial charge in [0.2, 0.25) is 0 Å². The lowest BCUT2D eigenvalue weighted by atomic mass is 9.97. The Morgan fingerprint density at radius 1 is 0.857 bits per heavy atom. The Morgan fingerprint density at radius 2 is 1.39 bits per heavy atom. The van der Waals surface area contributed by atoms with Gasteiger partial charge in [0.25, 0.3) is 0 Å². The van der Waals surface area contributed by atoms with E-state index in [0.717, 1.165) is 13.1 Å². The van der Waals surface area contributed by atoms with Gasteiger partial charge in [-0.05, 0) is 41.3 Å². The Morgan fingerprint density at radius 3 is 1.89 bits per heavy atom. The summed E-state index contributed by atoms with van der Waals surface area (Å²) in [5.41, 5.74) is 4.83. The maximum Gasteiger partial charge on any atom is 0.115 e. The molecule has 2 heteroatoms. The van der Waals surface area contributed by atoms with Crippen LogP contribution < -0.4 is 0 Å². The van der Waals surface area contributed by atoms with Crippen LogP contribution in [0.15, 0.2) is 104 Å². The highest BCUT2D eigenvalue weighted by Crippen LogP contribution is 2.26. The number of benzene rings is 3. The number of aromatic hydroxyl groups is 1. The molecule has 0 heterocycles. The maximum absolute atomic E-state index is 9.57. The molecule has 1 N–H and O–H groups in total. The van der Waals surface area contributed by atoms with E-state index >= 15 is 0 Å². The van der Waals surface area contributed by atoms with Crippen molar-refractivity contribution in [1.82, 2.24) is 4.90 Å². The van der Waals surface area contributed by atoms with Crippen molar-refractivity contribution in [2.75, 3.05) is 13.1 Å². The zero-order valence-electron chi connectivity index (χ0n) is 16.3. The van der Waals surface area contributed by atoms with Crippen molar-refractivity contribution in [2.45, 2.75) is 13.0 Å². The lowest BCUT2D eigenvalue weighted by Crippen LogP contribution is -2.27. The Bertz CT molecular complexity index is 857. The second kappa shape index (κ2) is 9.72. The van der Waals surface area contributed by atoms with Crippen LogP contribution in [0.4, 0.5) is 0 Å². The normalized spacial score (nSPS) is 11.8. The third-order valence-corrected chi connectivity index (χ3v) is 4.99. The third-order valence-electron chi connectivity index (χ3n) is 4.99. The molecule has 142 valence electrons. The molecule has 0 aliphatic heterocycles. The van der Waals surface area contributed by atoms with Crippen LogP contribution in [0.1, 0.15) is 29.7 Å². The van der Waals surface area contributed by atoms with Gasteiger partial charge in [0.15, 0.2) is 0 Å². The van der Waals surface area contributed by atoms with E-state index in [0.29, 0.717) is 5.75 Å². The zero-order valence-corrected chi connectivity index (χ0v) is 16.3. The van der Waals surface area contributed by atoms with E-state index < -0.39 is 0 Å². The van der Waals surface area contributed by atoms with Crippen molar-refractivity contribution in [3.05, 3.63) is 120 Å². The lowest BCUT2D eigenvalue weighted by Gasteiger charge is -2.27. The van der Waals surface area contributed by atoms with Gasteiger partial charge in [-0.2, -0.15) is 0 Å². The minimum absolute atomic E-state index is 0.211. The molecule has 0 aromatic heterocycles. The lowest BCUT2D eigenvalue weighted by molar-refractivity contribution is 0.260. The average molecular weight is 370 g/mol. The van der Waals surface area contributed by atoms with Crippen molar-refractivity contribution in [3.63, 3.8) is 0 Å². The van der Waals surface area contributed by atoms with Gasteiger partial charge in [-0.1, -0.05) is 84.9 Å². The van der Waals surface area contributed by atoms with E-state index in [2.05, 4.69) is 73.0 Å². The van der Waals surface area contributed by atoms with Gasteiger partial charge < -0.3 is 5.11 Å². The third kappa shape index (κ3) is 4.99. The fourth-order valence-electron chi connectivity index (χ4n) is 3.37. The van der Waals surface area contributed by atoms with Gasteiger partial charge in [-0.25, -0.2) is 0 Å². The molecule has 28 heavy (non-hydrogen) atoms. The molecule has 2 nitrogen and oxygen atoms in total. The largest absolute Gasteiger partial charge is 0.508 e. The van der Waals surface area contributed by atoms with Gasteiger partial charge in [0.1, 0.15) is 5.75 Å². The molecule has 3 aromatic rings. The predicted octanol–water partition coefficient (Wildman–Crippen LogP) is 6.07. The number of phenolic OH excluding ortho intramolecular Hbond substituents is 1. The molecule has 0 bridgehead atoms. The summed E-state index contributed by atoms with van der Waals surface area (Å²) in [6, 6.07) is 28.7. The van der Waals surface area contributed by atoms with Crippen molar-refractivity contribution in [1.29, 1.82) is 0 Å². The maximum atomic E-state index is 9.57. The van der Waals surface area contributed by atoms with E-state index in [1.807, 2.05) is 30.3 Å². The summed E-state index contributed by atoms with van der Waals surface area (Å²) in [7, 11) is 0. The van der Waals surface area contributed by atoms with Crippen LogP contribution in [-0.4, -0.2) is 23.1 Å². The van der Waals surface area contributed by atoms with Crippen molar-refractivity contribution >= 4 is 5.57 Å². The van der Waals surface area contributed by atoms with Gasteiger partial charge in [0, 0.05) is 19.1 Å². The first-order valence-electron chi connectivity index (χ1n) is 9.64. The molecule has 3 aromatic carbocycles. The summed E-state index contributed by atoms with van der Waals surface area (Å²) in [6.07, 6.45) is 4.24. The minimum Gasteiger partial charge on any atom is -0.508 e. The number of hydrogen-bond donors (Lipinski definition) is 1. The highest BCUT2D eigenvalue weighted by Gasteiger charge is 2.14. The second-order valence-corrected chi connectivity index (χ2v) is 6.86. The van der Waals surface area contributed by atoms with Crippen molar-refractivity contribution in [2.24, 2.45) is 0 Å². The highest BCUT2D eigenvalue weighted by molar-refractivity contribution is 5.79. The van der Waals surface area contributed by atoms with Crippen molar-refractivity contribution < 1.29 is 5.11 Å². The monoisotopic (exact) mass is 369 g/mol. The van der Waals surface area contributed by atoms with Crippen molar-refractivity contribution in [3.8, 4) is 5.75 Å². The van der Waals surface area contributed by atoms with Crippen LogP contribution in [0.5, 0.6) is 5.75 Å². The highest BCUT2D eigenvalue weighted by atomic mass is 16.3. The fourth-order valence-corrected chi connectivity index (χ4v) is 3.37. The van der Waals surface area contributed by atoms with Crippen LogP contribution >= 0.6 is 0 Å². The smallest absolute Gasteiger partial charge is 0.115 e. The van der Waals surface area contributed by atoms with E-state index in [1.54, 1.807) is 12.1 Å². The predicted molar refractivity (Wildman–Crippen MR) is 118 cm³/mol. The summed E-state index contributed by atoms with van der Waals surface area (Å²) >= 11 is 0. The first-order valence-corrected chi connectivity index (χ1v) is 9.64. The summed E-state index contributed by atoms with van der Waals surface area (Å²) in [5, 5.41) is 9.57. The molecule has 1 atom stereocenters. The van der Waals surface area contributed by atoms with Crippen LogP contribution in [-0.2, 0) is 0 Å². The van der Waals surface area contributed by atoms with Gasteiger partial charge in [-0.3, -0.25) is 4.90 Å². The van der Waals surface area contributed by atoms with E-state index in [-0.39, 0.29) is 6.04 Å². The van der Waals surface area contributed by atoms with Crippen LogP contribution in [0.25, 0.3) is 5.57 Å². The Labute approximate surface area is 168 Å². The van der Waals surface area contributed by atoms with E-state index in [1.165, 1.54) is 22.3 Å². The van der Waals surface area contributed by atoms with Crippen LogP contribution in [0.3, 0.4) is 0 Å². The minimum atomic E-state index is 0.211. The van der Waals surface area contributed by atoms with Crippen LogP contribution in [0, 0.1) is 0 Å². The molecular formula is C26H27NO. The Kier molecular flexibility index (Phi) is 6.83. The number of rotatable bonds is 8.